The van der Waals surface area contributed by atoms with Gasteiger partial charge in [0.1, 0.15) is 0 Å². The van der Waals surface area contributed by atoms with Gasteiger partial charge in [0.2, 0.25) is 5.91 Å². The van der Waals surface area contributed by atoms with E-state index in [9.17, 15) is 9.59 Å². The van der Waals surface area contributed by atoms with Gasteiger partial charge in [0.05, 0.1) is 16.5 Å². The first-order chi connectivity index (χ1) is 16.0. The second-order valence-corrected chi connectivity index (χ2v) is 8.89. The lowest BCUT2D eigenvalue weighted by Crippen LogP contribution is -2.26. The Morgan fingerprint density at radius 3 is 2.58 bits per heavy atom. The van der Waals surface area contributed by atoms with Crippen LogP contribution in [0.25, 0.3) is 10.9 Å². The summed E-state index contributed by atoms with van der Waals surface area (Å²) in [5.74, 6) is -0.476. The number of hydrogen-bond acceptors (Lipinski definition) is 4. The van der Waals surface area contributed by atoms with Crippen LogP contribution in [0.15, 0.2) is 66.0 Å². The first-order valence-electron chi connectivity index (χ1n) is 11.1. The molecule has 4 rings (SSSR count). The molecule has 2 aromatic carbocycles. The highest BCUT2D eigenvalue weighted by Gasteiger charge is 2.23. The Morgan fingerprint density at radius 1 is 1.12 bits per heavy atom. The van der Waals surface area contributed by atoms with Gasteiger partial charge in [-0.15, -0.1) is 11.3 Å². The molecule has 2 amide bonds. The Balaban J connectivity index is 1.66. The van der Waals surface area contributed by atoms with Crippen molar-refractivity contribution in [3.8, 4) is 0 Å². The van der Waals surface area contributed by atoms with E-state index in [1.54, 1.807) is 11.9 Å². The van der Waals surface area contributed by atoms with E-state index in [0.717, 1.165) is 34.3 Å². The number of H-pyrrole nitrogens is 1. The third kappa shape index (κ3) is 4.69. The molecule has 0 aliphatic rings. The molecule has 0 radical (unpaired) electrons. The number of thiophene rings is 1. The number of carbonyl (C=O) groups excluding carboxylic acids is 2. The maximum Gasteiger partial charge on any atom is 0.268 e. The van der Waals surface area contributed by atoms with Gasteiger partial charge in [-0.05, 0) is 54.6 Å². The van der Waals surface area contributed by atoms with Gasteiger partial charge >= 0.3 is 0 Å². The van der Waals surface area contributed by atoms with Gasteiger partial charge < -0.3 is 20.9 Å². The summed E-state index contributed by atoms with van der Waals surface area (Å²) in [5, 5.41) is 5.85. The summed E-state index contributed by atoms with van der Waals surface area (Å²) < 4.78 is 0. The van der Waals surface area contributed by atoms with E-state index in [0.29, 0.717) is 23.5 Å². The maximum atomic E-state index is 13.1. The molecule has 33 heavy (non-hydrogen) atoms. The predicted molar refractivity (Wildman–Crippen MR) is 136 cm³/mol. The van der Waals surface area contributed by atoms with E-state index in [2.05, 4.69) is 17.2 Å². The van der Waals surface area contributed by atoms with Crippen molar-refractivity contribution < 1.29 is 9.59 Å². The van der Waals surface area contributed by atoms with E-state index >= 15 is 0 Å². The number of nitrogens with one attached hydrogen (secondary N) is 2. The minimum absolute atomic E-state index is 0.0536. The molecule has 4 aromatic rings. The SMILES string of the molecule is CCc1[nH]c2ccc(NC(=O)C(CCN)c3ccccc3)cc2c1N(C)C(=O)c1cccs1. The summed E-state index contributed by atoms with van der Waals surface area (Å²) >= 11 is 1.42. The minimum atomic E-state index is -0.327. The highest BCUT2D eigenvalue weighted by atomic mass is 32.1. The standard InChI is InChI=1S/C26H28N4O2S/c1-3-21-24(30(2)26(32)23-10-7-15-33-23)20-16-18(11-12-22(20)29-21)28-25(31)19(13-14-27)17-8-5-4-6-9-17/h4-12,15-16,19,29H,3,13-14,27H2,1-2H3,(H,28,31). The van der Waals surface area contributed by atoms with Crippen LogP contribution in [0.5, 0.6) is 0 Å². The minimum Gasteiger partial charge on any atom is -0.357 e. The van der Waals surface area contributed by atoms with Gasteiger partial charge in [0, 0.05) is 29.3 Å². The lowest BCUT2D eigenvalue weighted by atomic mass is 9.94. The Kier molecular flexibility index (Phi) is 6.91. The van der Waals surface area contributed by atoms with E-state index < -0.39 is 0 Å². The third-order valence-electron chi connectivity index (χ3n) is 5.81. The molecule has 0 saturated heterocycles. The number of aryl methyl sites for hydroxylation is 1. The molecule has 0 aliphatic heterocycles. The summed E-state index contributed by atoms with van der Waals surface area (Å²) in [6.07, 6.45) is 1.31. The fraction of sp³-hybridized carbons (Fsp3) is 0.231. The number of rotatable bonds is 8. The van der Waals surface area contributed by atoms with Gasteiger partial charge in [-0.3, -0.25) is 9.59 Å². The fourth-order valence-electron chi connectivity index (χ4n) is 4.15. The maximum absolute atomic E-state index is 13.1. The van der Waals surface area contributed by atoms with Gasteiger partial charge in [0.25, 0.3) is 5.91 Å². The van der Waals surface area contributed by atoms with Crippen LogP contribution in [0.4, 0.5) is 11.4 Å². The Morgan fingerprint density at radius 2 is 1.91 bits per heavy atom. The quantitative estimate of drug-likeness (QED) is 0.340. The van der Waals surface area contributed by atoms with Gasteiger partial charge in [-0.2, -0.15) is 0 Å². The van der Waals surface area contributed by atoms with E-state index in [1.165, 1.54) is 11.3 Å². The Hall–Kier alpha value is -3.42. The van der Waals surface area contributed by atoms with Crippen molar-refractivity contribution in [2.24, 2.45) is 5.73 Å². The van der Waals surface area contributed by atoms with Crippen LogP contribution in [0.3, 0.4) is 0 Å². The number of fused-ring (bicyclic) bond motifs is 1. The summed E-state index contributed by atoms with van der Waals surface area (Å²) in [6.45, 7) is 2.47. The van der Waals surface area contributed by atoms with Crippen molar-refractivity contribution in [1.29, 1.82) is 0 Å². The molecule has 2 aromatic heterocycles. The van der Waals surface area contributed by atoms with E-state index in [-0.39, 0.29) is 17.7 Å². The topological polar surface area (TPSA) is 91.2 Å². The van der Waals surface area contributed by atoms with Crippen LogP contribution >= 0.6 is 11.3 Å². The van der Waals surface area contributed by atoms with Crippen LogP contribution in [0.2, 0.25) is 0 Å². The van der Waals surface area contributed by atoms with E-state index in [4.69, 9.17) is 5.73 Å². The molecule has 1 unspecified atom stereocenters. The molecule has 7 heteroatoms. The van der Waals surface area contributed by atoms with Crippen molar-refractivity contribution in [2.45, 2.75) is 25.7 Å². The fourth-order valence-corrected chi connectivity index (χ4v) is 4.85. The molecule has 0 aliphatic carbocycles. The average molecular weight is 461 g/mol. The zero-order chi connectivity index (χ0) is 23.4. The summed E-state index contributed by atoms with van der Waals surface area (Å²) in [4.78, 5) is 32.0. The smallest absolute Gasteiger partial charge is 0.268 e. The van der Waals surface area contributed by atoms with Crippen molar-refractivity contribution >= 4 is 45.4 Å². The molecule has 2 heterocycles. The first-order valence-corrected chi connectivity index (χ1v) is 11.9. The molecule has 0 bridgehead atoms. The second kappa shape index (κ2) is 10.0. The zero-order valence-corrected chi connectivity index (χ0v) is 19.6. The second-order valence-electron chi connectivity index (χ2n) is 7.94. The zero-order valence-electron chi connectivity index (χ0n) is 18.8. The third-order valence-corrected chi connectivity index (χ3v) is 6.67. The number of anilines is 2. The molecular weight excluding hydrogens is 432 g/mol. The van der Waals surface area contributed by atoms with E-state index in [1.807, 2.05) is 66.0 Å². The Labute approximate surface area is 197 Å². The highest BCUT2D eigenvalue weighted by molar-refractivity contribution is 7.12. The highest BCUT2D eigenvalue weighted by Crippen LogP contribution is 2.34. The molecule has 1 atom stereocenters. The number of nitrogens with zero attached hydrogens (tertiary/aromatic N) is 1. The van der Waals surface area contributed by atoms with Crippen LogP contribution in [0.1, 0.15) is 40.2 Å². The number of aromatic nitrogens is 1. The summed E-state index contributed by atoms with van der Waals surface area (Å²) in [5.41, 5.74) is 10.2. The lowest BCUT2D eigenvalue weighted by molar-refractivity contribution is -0.117. The van der Waals surface area contributed by atoms with Crippen LogP contribution < -0.4 is 16.0 Å². The molecule has 0 spiro atoms. The van der Waals surface area contributed by atoms with Gasteiger partial charge in [0.15, 0.2) is 0 Å². The Bertz CT molecular complexity index is 1250. The number of amides is 2. The molecule has 170 valence electrons. The van der Waals surface area contributed by atoms with Crippen molar-refractivity contribution in [3.63, 3.8) is 0 Å². The lowest BCUT2D eigenvalue weighted by Gasteiger charge is -2.19. The largest absolute Gasteiger partial charge is 0.357 e. The molecule has 0 fully saturated rings. The van der Waals surface area contributed by atoms with Crippen molar-refractivity contribution in [2.75, 3.05) is 23.8 Å². The van der Waals surface area contributed by atoms with Crippen LogP contribution in [-0.4, -0.2) is 30.4 Å². The van der Waals surface area contributed by atoms with Crippen molar-refractivity contribution in [1.82, 2.24) is 4.98 Å². The normalized spacial score (nSPS) is 12.0. The molecular formula is C26H28N4O2S. The first kappa shape index (κ1) is 22.8. The molecule has 6 nitrogen and oxygen atoms in total. The number of aromatic amines is 1. The summed E-state index contributed by atoms with van der Waals surface area (Å²) in [6, 6.07) is 19.1. The molecule has 0 saturated carbocycles. The number of benzene rings is 2. The summed E-state index contributed by atoms with van der Waals surface area (Å²) in [7, 11) is 1.79. The van der Waals surface area contributed by atoms with Crippen LogP contribution in [0, 0.1) is 0 Å². The van der Waals surface area contributed by atoms with Crippen molar-refractivity contribution in [3.05, 3.63) is 82.2 Å². The van der Waals surface area contributed by atoms with Crippen LogP contribution in [-0.2, 0) is 11.2 Å². The number of nitrogens with two attached hydrogens (primary N) is 1. The number of hydrogen-bond donors (Lipinski definition) is 3. The van der Waals surface area contributed by atoms with Gasteiger partial charge in [-0.1, -0.05) is 43.3 Å². The average Bonchev–Trinajstić information content (AvgIpc) is 3.50. The predicted octanol–water partition coefficient (Wildman–Crippen LogP) is 5.14. The molecule has 4 N–H and O–H groups in total. The van der Waals surface area contributed by atoms with Gasteiger partial charge in [-0.25, -0.2) is 0 Å². The number of carbonyl (C=O) groups is 2. The monoisotopic (exact) mass is 460 g/mol.